The second-order valence-corrected chi connectivity index (χ2v) is 6.99. The minimum atomic E-state index is -0.887. The minimum absolute atomic E-state index is 0.180. The van der Waals surface area contributed by atoms with Crippen LogP contribution in [0.5, 0.6) is 0 Å². The molecule has 0 radical (unpaired) electrons. The highest BCUT2D eigenvalue weighted by Crippen LogP contribution is 2.33. The summed E-state index contributed by atoms with van der Waals surface area (Å²) in [6, 6.07) is -0.382. The minimum Gasteiger partial charge on any atom is -0.481 e. The van der Waals surface area contributed by atoms with Gasteiger partial charge in [0.05, 0.1) is 18.1 Å². The average Bonchev–Trinajstić information content (AvgIpc) is 2.82. The van der Waals surface area contributed by atoms with Crippen LogP contribution in [0.4, 0.5) is 9.80 Å². The van der Waals surface area contributed by atoms with E-state index in [1.807, 2.05) is 13.8 Å². The number of carbonyl (C=O) groups is 3. The number of ether oxygens (including phenoxy) is 1. The fourth-order valence-electron chi connectivity index (χ4n) is 2.70. The van der Waals surface area contributed by atoms with Crippen molar-refractivity contribution in [2.45, 2.75) is 33.6 Å². The van der Waals surface area contributed by atoms with Crippen molar-refractivity contribution < 1.29 is 24.2 Å². The molecule has 1 aliphatic rings. The predicted molar refractivity (Wildman–Crippen MR) is 90.7 cm³/mol. The molecule has 2 amide bonds. The maximum absolute atomic E-state index is 12.5. The number of nitrogens with one attached hydrogen (secondary N) is 1. The Balaban J connectivity index is 2.15. The average molecular weight is 354 g/mol. The molecule has 24 heavy (non-hydrogen) atoms. The number of aryl methyl sites for hydroxylation is 1. The lowest BCUT2D eigenvalue weighted by atomic mass is 9.99. The molecule has 1 saturated heterocycles. The van der Waals surface area contributed by atoms with E-state index < -0.39 is 17.9 Å². The first kappa shape index (κ1) is 18.3. The van der Waals surface area contributed by atoms with Gasteiger partial charge >= 0.3 is 18.0 Å². The van der Waals surface area contributed by atoms with Crippen molar-refractivity contribution in [2.75, 3.05) is 25.0 Å². The van der Waals surface area contributed by atoms with E-state index in [0.717, 1.165) is 10.4 Å². The van der Waals surface area contributed by atoms with E-state index in [0.29, 0.717) is 30.0 Å². The summed E-state index contributed by atoms with van der Waals surface area (Å²) in [5.41, 5.74) is 1.16. The van der Waals surface area contributed by atoms with Gasteiger partial charge in [-0.2, -0.15) is 0 Å². The molecule has 1 aromatic rings. The van der Waals surface area contributed by atoms with Crippen molar-refractivity contribution in [1.82, 2.24) is 4.90 Å². The van der Waals surface area contributed by atoms with E-state index in [-0.39, 0.29) is 19.2 Å². The zero-order chi connectivity index (χ0) is 17.9. The number of anilines is 1. The molecular formula is C16H22N2O5S. The van der Waals surface area contributed by atoms with Gasteiger partial charge in [0, 0.05) is 18.0 Å². The molecule has 1 fully saturated rings. The molecule has 0 bridgehead atoms. The molecule has 0 aliphatic carbocycles. The van der Waals surface area contributed by atoms with Crippen molar-refractivity contribution in [2.24, 2.45) is 5.92 Å². The van der Waals surface area contributed by atoms with Crippen molar-refractivity contribution in [3.8, 4) is 0 Å². The second kappa shape index (κ2) is 7.65. The summed E-state index contributed by atoms with van der Waals surface area (Å²) in [4.78, 5) is 38.1. The van der Waals surface area contributed by atoms with Gasteiger partial charge in [0.25, 0.3) is 0 Å². The summed E-state index contributed by atoms with van der Waals surface area (Å²) in [7, 11) is 0. The third-order valence-electron chi connectivity index (χ3n) is 4.14. The number of amides is 2. The van der Waals surface area contributed by atoms with Crippen molar-refractivity contribution in [3.05, 3.63) is 16.0 Å². The number of rotatable bonds is 4. The smallest absolute Gasteiger partial charge is 0.341 e. The molecule has 2 rings (SSSR count). The highest BCUT2D eigenvalue weighted by molar-refractivity contribution is 7.16. The lowest BCUT2D eigenvalue weighted by Gasteiger charge is -2.30. The van der Waals surface area contributed by atoms with Crippen LogP contribution in [0, 0.1) is 19.8 Å². The third kappa shape index (κ3) is 3.87. The topological polar surface area (TPSA) is 95.9 Å². The number of nitrogens with zero attached hydrogens (tertiary/aromatic N) is 1. The number of esters is 1. The first-order valence-electron chi connectivity index (χ1n) is 7.91. The van der Waals surface area contributed by atoms with Crippen molar-refractivity contribution in [3.63, 3.8) is 0 Å². The van der Waals surface area contributed by atoms with Crippen LogP contribution in [0.2, 0.25) is 0 Å². The first-order chi connectivity index (χ1) is 11.3. The van der Waals surface area contributed by atoms with Gasteiger partial charge in [-0.1, -0.05) is 0 Å². The Morgan fingerprint density at radius 1 is 1.38 bits per heavy atom. The molecule has 8 heteroatoms. The number of carboxylic acid groups (broad SMARTS) is 1. The van der Waals surface area contributed by atoms with Crippen LogP contribution in [0.1, 0.15) is 40.6 Å². The van der Waals surface area contributed by atoms with Crippen LogP contribution in [0.25, 0.3) is 0 Å². The summed E-state index contributed by atoms with van der Waals surface area (Å²) in [6.45, 7) is 6.36. The maximum atomic E-state index is 12.5. The van der Waals surface area contributed by atoms with Gasteiger partial charge in [0.15, 0.2) is 0 Å². The number of hydrogen-bond acceptors (Lipinski definition) is 5. The van der Waals surface area contributed by atoms with Gasteiger partial charge in [-0.15, -0.1) is 11.3 Å². The highest BCUT2D eigenvalue weighted by atomic mass is 32.1. The van der Waals surface area contributed by atoms with Crippen LogP contribution in [-0.4, -0.2) is 47.7 Å². The molecule has 2 N–H and O–H groups in total. The third-order valence-corrected chi connectivity index (χ3v) is 5.27. The Kier molecular flexibility index (Phi) is 5.82. The lowest BCUT2D eigenvalue weighted by molar-refractivity contribution is -0.143. The molecule has 2 heterocycles. The zero-order valence-corrected chi connectivity index (χ0v) is 14.9. The summed E-state index contributed by atoms with van der Waals surface area (Å²) < 4.78 is 5.06. The Morgan fingerprint density at radius 3 is 2.71 bits per heavy atom. The molecule has 1 atom stereocenters. The number of carboxylic acids is 1. The monoisotopic (exact) mass is 354 g/mol. The molecule has 0 spiro atoms. The Hall–Kier alpha value is -2.09. The van der Waals surface area contributed by atoms with E-state index in [1.165, 1.54) is 16.2 Å². The summed E-state index contributed by atoms with van der Waals surface area (Å²) in [6.07, 6.45) is 1.22. The summed E-state index contributed by atoms with van der Waals surface area (Å²) in [5, 5.41) is 12.3. The fourth-order valence-corrected chi connectivity index (χ4v) is 3.74. The molecule has 7 nitrogen and oxygen atoms in total. The van der Waals surface area contributed by atoms with Gasteiger partial charge in [-0.3, -0.25) is 10.1 Å². The standard InChI is InChI=1S/C16H22N2O5S/c1-4-23-15(21)12-9(2)10(3)24-13(12)17-16(22)18-7-5-6-11(8-18)14(19)20/h11H,4-8H2,1-3H3,(H,17,22)(H,19,20). The number of urea groups is 1. The molecule has 0 saturated carbocycles. The lowest BCUT2D eigenvalue weighted by Crippen LogP contribution is -2.44. The second-order valence-electron chi connectivity index (χ2n) is 5.76. The normalized spacial score (nSPS) is 17.5. The van der Waals surface area contributed by atoms with E-state index in [1.54, 1.807) is 6.92 Å². The van der Waals surface area contributed by atoms with Gasteiger partial charge < -0.3 is 14.7 Å². The molecule has 132 valence electrons. The first-order valence-corrected chi connectivity index (χ1v) is 8.72. The molecular weight excluding hydrogens is 332 g/mol. The maximum Gasteiger partial charge on any atom is 0.341 e. The van der Waals surface area contributed by atoms with E-state index >= 15 is 0 Å². The van der Waals surface area contributed by atoms with Crippen LogP contribution in [0.15, 0.2) is 0 Å². The van der Waals surface area contributed by atoms with Crippen LogP contribution in [0.3, 0.4) is 0 Å². The van der Waals surface area contributed by atoms with Crippen molar-refractivity contribution >= 4 is 34.3 Å². The molecule has 1 aliphatic heterocycles. The number of piperidine rings is 1. The summed E-state index contributed by atoms with van der Waals surface area (Å²) >= 11 is 1.32. The largest absolute Gasteiger partial charge is 0.481 e. The van der Waals surface area contributed by atoms with Crippen LogP contribution >= 0.6 is 11.3 Å². The number of thiophene rings is 1. The quantitative estimate of drug-likeness (QED) is 0.811. The van der Waals surface area contributed by atoms with Gasteiger partial charge in [0.1, 0.15) is 5.00 Å². The van der Waals surface area contributed by atoms with Crippen LogP contribution in [-0.2, 0) is 9.53 Å². The summed E-state index contributed by atoms with van der Waals surface area (Å²) in [5.74, 6) is -1.89. The SMILES string of the molecule is CCOC(=O)c1c(NC(=O)N2CCCC(C(=O)O)C2)sc(C)c1C. The van der Waals surface area contributed by atoms with Crippen molar-refractivity contribution in [1.29, 1.82) is 0 Å². The molecule has 1 aromatic heterocycles. The predicted octanol–water partition coefficient (Wildman–Crippen LogP) is 2.87. The van der Waals surface area contributed by atoms with Crippen LogP contribution < -0.4 is 5.32 Å². The van der Waals surface area contributed by atoms with Gasteiger partial charge in [-0.05, 0) is 39.2 Å². The number of hydrogen-bond donors (Lipinski definition) is 2. The Bertz CT molecular complexity index is 655. The number of likely N-dealkylation sites (tertiary alicyclic amines) is 1. The zero-order valence-electron chi connectivity index (χ0n) is 14.0. The number of carbonyl (C=O) groups excluding carboxylic acids is 2. The van der Waals surface area contributed by atoms with E-state index in [9.17, 15) is 14.4 Å². The fraction of sp³-hybridized carbons (Fsp3) is 0.562. The molecule has 1 unspecified atom stereocenters. The van der Waals surface area contributed by atoms with E-state index in [4.69, 9.17) is 9.84 Å². The highest BCUT2D eigenvalue weighted by Gasteiger charge is 2.29. The molecule has 0 aromatic carbocycles. The Morgan fingerprint density at radius 2 is 2.08 bits per heavy atom. The van der Waals surface area contributed by atoms with E-state index in [2.05, 4.69) is 5.32 Å². The van der Waals surface area contributed by atoms with Gasteiger partial charge in [0.2, 0.25) is 0 Å². The Labute approximate surface area is 144 Å². The number of aliphatic carboxylic acids is 1. The van der Waals surface area contributed by atoms with Gasteiger partial charge in [-0.25, -0.2) is 9.59 Å².